The first-order valence-corrected chi connectivity index (χ1v) is 17.1. The number of aryl methyl sites for hydroxylation is 1. The molecule has 13 heteroatoms. The SMILES string of the molecule is Cc1cc(C2C3=CCC4C(=O)N(c5cccc([N+](=O)[O-])c5)C(=O)C4C3CC3C(=O)N(Nc4ccc(F)cc4)C(=O)C32c2ccc(Cl)cc2)ccc1O. The second-order valence-corrected chi connectivity index (χ2v) is 14.1. The van der Waals surface area contributed by atoms with Crippen LogP contribution in [0.15, 0.2) is 103 Å². The zero-order valence-electron chi connectivity index (χ0n) is 27.5. The highest BCUT2D eigenvalue weighted by Gasteiger charge is 2.70. The molecule has 11 nitrogen and oxygen atoms in total. The van der Waals surface area contributed by atoms with Crippen LogP contribution in [0.2, 0.25) is 5.02 Å². The minimum atomic E-state index is -1.57. The molecule has 2 aliphatic heterocycles. The fourth-order valence-electron chi connectivity index (χ4n) is 8.89. The normalized spacial score (nSPS) is 26.5. The second-order valence-electron chi connectivity index (χ2n) is 13.7. The summed E-state index contributed by atoms with van der Waals surface area (Å²) in [4.78, 5) is 70.3. The van der Waals surface area contributed by atoms with Crippen molar-refractivity contribution in [1.82, 2.24) is 5.01 Å². The van der Waals surface area contributed by atoms with Crippen molar-refractivity contribution in [3.8, 4) is 5.75 Å². The predicted molar refractivity (Wildman–Crippen MR) is 187 cm³/mol. The second kappa shape index (κ2) is 12.1. The number of phenolic OH excluding ortho intramolecular Hbond substituents is 1. The van der Waals surface area contributed by atoms with E-state index in [1.165, 1.54) is 54.6 Å². The number of nitrogens with zero attached hydrogens (tertiary/aromatic N) is 3. The Morgan fingerprint density at radius 2 is 1.65 bits per heavy atom. The Hall–Kier alpha value is -5.88. The molecule has 4 aromatic carbocycles. The number of nitro groups is 1. The summed E-state index contributed by atoms with van der Waals surface area (Å²) < 4.78 is 13.8. The highest BCUT2D eigenvalue weighted by molar-refractivity contribution is 6.30. The quantitative estimate of drug-likeness (QED) is 0.0981. The Morgan fingerprint density at radius 3 is 2.35 bits per heavy atom. The van der Waals surface area contributed by atoms with Crippen LogP contribution >= 0.6 is 11.6 Å². The van der Waals surface area contributed by atoms with Crippen LogP contribution in [0.25, 0.3) is 0 Å². The van der Waals surface area contributed by atoms with Gasteiger partial charge in [-0.25, -0.2) is 9.29 Å². The summed E-state index contributed by atoms with van der Waals surface area (Å²) in [6.45, 7) is 1.72. The Balaban J connectivity index is 1.31. The van der Waals surface area contributed by atoms with E-state index in [9.17, 15) is 34.0 Å². The number of aromatic hydroxyl groups is 1. The molecular formula is C39H30ClFN4O7. The number of nitrogens with one attached hydrogen (secondary N) is 1. The van der Waals surface area contributed by atoms with E-state index in [4.69, 9.17) is 11.6 Å². The molecule has 6 unspecified atom stereocenters. The van der Waals surface area contributed by atoms with Crippen molar-refractivity contribution in [2.75, 3.05) is 10.3 Å². The lowest BCUT2D eigenvalue weighted by Crippen LogP contribution is -2.53. The molecule has 4 aliphatic rings. The number of rotatable bonds is 6. The van der Waals surface area contributed by atoms with Crippen molar-refractivity contribution in [3.05, 3.63) is 140 Å². The topological polar surface area (TPSA) is 150 Å². The van der Waals surface area contributed by atoms with Gasteiger partial charge in [0, 0.05) is 23.1 Å². The van der Waals surface area contributed by atoms with Gasteiger partial charge in [-0.2, -0.15) is 5.01 Å². The molecule has 2 N–H and O–H groups in total. The molecular weight excluding hydrogens is 691 g/mol. The van der Waals surface area contributed by atoms with Crippen LogP contribution in [0.4, 0.5) is 21.5 Å². The van der Waals surface area contributed by atoms with Gasteiger partial charge < -0.3 is 5.11 Å². The number of phenols is 1. The highest BCUT2D eigenvalue weighted by Crippen LogP contribution is 2.64. The molecule has 4 amide bonds. The third-order valence-corrected chi connectivity index (χ3v) is 11.4. The van der Waals surface area contributed by atoms with Gasteiger partial charge in [-0.1, -0.05) is 53.6 Å². The fourth-order valence-corrected chi connectivity index (χ4v) is 9.01. The molecule has 2 saturated heterocycles. The number of anilines is 2. The van der Waals surface area contributed by atoms with Crippen molar-refractivity contribution < 1.29 is 33.6 Å². The number of halogens is 2. The molecule has 3 fully saturated rings. The molecule has 52 heavy (non-hydrogen) atoms. The molecule has 2 aliphatic carbocycles. The molecule has 4 aromatic rings. The first kappa shape index (κ1) is 33.3. The summed E-state index contributed by atoms with van der Waals surface area (Å²) >= 11 is 6.33. The van der Waals surface area contributed by atoms with E-state index < -0.39 is 69.4 Å². The maximum atomic E-state index is 15.2. The van der Waals surface area contributed by atoms with Gasteiger partial charge in [0.2, 0.25) is 11.8 Å². The first-order valence-electron chi connectivity index (χ1n) is 16.7. The largest absolute Gasteiger partial charge is 0.508 e. The van der Waals surface area contributed by atoms with Gasteiger partial charge in [0.15, 0.2) is 0 Å². The Kier molecular flexibility index (Phi) is 7.76. The van der Waals surface area contributed by atoms with E-state index in [1.54, 1.807) is 43.3 Å². The zero-order chi connectivity index (χ0) is 36.6. The van der Waals surface area contributed by atoms with Crippen LogP contribution in [0, 0.1) is 46.5 Å². The van der Waals surface area contributed by atoms with E-state index in [0.717, 1.165) is 9.91 Å². The minimum absolute atomic E-state index is 0.0250. The van der Waals surface area contributed by atoms with Crippen molar-refractivity contribution in [2.24, 2.45) is 23.7 Å². The van der Waals surface area contributed by atoms with Gasteiger partial charge in [0.05, 0.1) is 39.5 Å². The molecule has 0 radical (unpaired) electrons. The van der Waals surface area contributed by atoms with E-state index in [2.05, 4.69) is 5.43 Å². The lowest BCUT2D eigenvalue weighted by molar-refractivity contribution is -0.384. The molecule has 8 rings (SSSR count). The number of carbonyl (C=O) groups is 4. The number of carbonyl (C=O) groups excluding carboxylic acids is 4. The van der Waals surface area contributed by atoms with E-state index >= 15 is 4.79 Å². The van der Waals surface area contributed by atoms with E-state index in [0.29, 0.717) is 33.0 Å². The number of fused-ring (bicyclic) bond motifs is 4. The smallest absolute Gasteiger partial charge is 0.271 e. The third kappa shape index (κ3) is 4.85. The summed E-state index contributed by atoms with van der Waals surface area (Å²) in [7, 11) is 0. The summed E-state index contributed by atoms with van der Waals surface area (Å²) in [6, 6.07) is 22.3. The molecule has 6 atom stereocenters. The van der Waals surface area contributed by atoms with Crippen LogP contribution < -0.4 is 10.3 Å². The van der Waals surface area contributed by atoms with Gasteiger partial charge in [-0.05, 0) is 90.9 Å². The highest BCUT2D eigenvalue weighted by atomic mass is 35.5. The van der Waals surface area contributed by atoms with Crippen molar-refractivity contribution in [2.45, 2.75) is 31.1 Å². The summed E-state index contributed by atoms with van der Waals surface area (Å²) in [6.07, 6.45) is 2.07. The van der Waals surface area contributed by atoms with Gasteiger partial charge in [0.1, 0.15) is 11.6 Å². The van der Waals surface area contributed by atoms with Crippen LogP contribution in [0.1, 0.15) is 35.4 Å². The summed E-state index contributed by atoms with van der Waals surface area (Å²) in [5.74, 6) is -6.93. The molecule has 0 bridgehead atoms. The maximum Gasteiger partial charge on any atom is 0.271 e. The number of non-ortho nitro benzene ring substituents is 1. The molecule has 0 spiro atoms. The van der Waals surface area contributed by atoms with Gasteiger partial charge in [-0.3, -0.25) is 34.7 Å². The van der Waals surface area contributed by atoms with Crippen molar-refractivity contribution >= 4 is 52.3 Å². The zero-order valence-corrected chi connectivity index (χ0v) is 28.3. The number of allylic oxidation sites excluding steroid dienone is 2. The van der Waals surface area contributed by atoms with Crippen LogP contribution in [-0.2, 0) is 24.6 Å². The number of nitro benzene ring substituents is 1. The van der Waals surface area contributed by atoms with Crippen LogP contribution in [0.5, 0.6) is 5.75 Å². The number of hydrazine groups is 1. The number of amides is 4. The lowest BCUT2D eigenvalue weighted by atomic mass is 9.49. The fraction of sp³-hybridized carbons (Fsp3) is 0.231. The number of hydrogen-bond donors (Lipinski definition) is 2. The average Bonchev–Trinajstić information content (AvgIpc) is 3.51. The molecule has 0 aromatic heterocycles. The molecule has 262 valence electrons. The first-order chi connectivity index (χ1) is 24.9. The van der Waals surface area contributed by atoms with Crippen LogP contribution in [0.3, 0.4) is 0 Å². The molecule has 1 saturated carbocycles. The third-order valence-electron chi connectivity index (χ3n) is 11.1. The monoisotopic (exact) mass is 720 g/mol. The lowest BCUT2D eigenvalue weighted by Gasteiger charge is -2.50. The summed E-state index contributed by atoms with van der Waals surface area (Å²) in [5, 5.41) is 23.5. The maximum absolute atomic E-state index is 15.2. The van der Waals surface area contributed by atoms with E-state index in [1.807, 2.05) is 6.08 Å². The van der Waals surface area contributed by atoms with Gasteiger partial charge in [0.25, 0.3) is 17.5 Å². The predicted octanol–water partition coefficient (Wildman–Crippen LogP) is 6.59. The van der Waals surface area contributed by atoms with Crippen LogP contribution in [-0.4, -0.2) is 38.7 Å². The van der Waals surface area contributed by atoms with Crippen molar-refractivity contribution in [3.63, 3.8) is 0 Å². The van der Waals surface area contributed by atoms with Gasteiger partial charge in [-0.15, -0.1) is 0 Å². The van der Waals surface area contributed by atoms with Gasteiger partial charge >= 0.3 is 0 Å². The minimum Gasteiger partial charge on any atom is -0.508 e. The Morgan fingerprint density at radius 1 is 0.923 bits per heavy atom. The standard InChI is InChI=1S/C39H30ClFN4O7/c1-20-17-21(5-16-32(20)46)34-28-14-15-29-33(37(49)43(35(29)47)26-3-2-4-27(18-26)45(51)52)30(28)19-31-36(48)44(42-25-12-10-24(41)11-13-25)38(50)39(31,34)22-6-8-23(40)9-7-22/h2-14,16-18,29-31,33-34,42,46H,15,19H2,1H3. The molecule has 2 heterocycles. The number of hydrogen-bond acceptors (Lipinski definition) is 8. The average molecular weight is 721 g/mol. The Labute approximate surface area is 301 Å². The van der Waals surface area contributed by atoms with E-state index in [-0.39, 0.29) is 30.0 Å². The Bertz CT molecular complexity index is 2240. The number of benzene rings is 4. The summed E-state index contributed by atoms with van der Waals surface area (Å²) in [5.41, 5.74) is 3.79. The van der Waals surface area contributed by atoms with Crippen molar-refractivity contribution in [1.29, 1.82) is 0 Å². The number of imide groups is 2.